The topological polar surface area (TPSA) is 73.5 Å². The van der Waals surface area contributed by atoms with Gasteiger partial charge >= 0.3 is 0 Å². The van der Waals surface area contributed by atoms with Crippen molar-refractivity contribution in [2.24, 2.45) is 5.92 Å². The molecular formula is C19H30N4O2. The smallest absolute Gasteiger partial charge is 0.251 e. The molecule has 2 rings (SSSR count). The first-order valence-electron chi connectivity index (χ1n) is 9.26. The third kappa shape index (κ3) is 6.14. The Kier molecular flexibility index (Phi) is 7.88. The first-order chi connectivity index (χ1) is 12.1. The van der Waals surface area contributed by atoms with Gasteiger partial charge in [0.2, 0.25) is 5.91 Å². The van der Waals surface area contributed by atoms with Crippen molar-refractivity contribution in [1.82, 2.24) is 15.5 Å². The lowest BCUT2D eigenvalue weighted by Gasteiger charge is -2.22. The van der Waals surface area contributed by atoms with E-state index >= 15 is 0 Å². The third-order valence-corrected chi connectivity index (χ3v) is 4.67. The van der Waals surface area contributed by atoms with Crippen molar-refractivity contribution in [3.8, 4) is 0 Å². The van der Waals surface area contributed by atoms with E-state index in [0.717, 1.165) is 45.6 Å². The predicted molar refractivity (Wildman–Crippen MR) is 101 cm³/mol. The summed E-state index contributed by atoms with van der Waals surface area (Å²) in [6.07, 6.45) is 1.93. The standard InChI is InChI=1S/C19H30N4O2/c1-3-23(4-2)12-11-21-18(24)15-7-5-9-17(13-15)22-19(25)16-8-6-10-20-14-16/h5,7,9,13,16,20H,3-4,6,8,10-12,14H2,1-2H3,(H,21,24)(H,22,25). The number of carbonyl (C=O) groups excluding carboxylic acids is 2. The molecule has 0 saturated carbocycles. The SMILES string of the molecule is CCN(CC)CCNC(=O)c1cccc(NC(=O)C2CCCNC2)c1. The van der Waals surface area contributed by atoms with E-state index < -0.39 is 0 Å². The van der Waals surface area contributed by atoms with Crippen LogP contribution in [0.3, 0.4) is 0 Å². The van der Waals surface area contributed by atoms with Crippen molar-refractivity contribution in [2.75, 3.05) is 44.6 Å². The fourth-order valence-electron chi connectivity index (χ4n) is 3.03. The summed E-state index contributed by atoms with van der Waals surface area (Å²) in [5.74, 6) is -0.0887. The Labute approximate surface area is 150 Å². The average Bonchev–Trinajstić information content (AvgIpc) is 2.66. The molecule has 1 fully saturated rings. The highest BCUT2D eigenvalue weighted by molar-refractivity contribution is 5.97. The van der Waals surface area contributed by atoms with Gasteiger partial charge in [-0.3, -0.25) is 9.59 Å². The monoisotopic (exact) mass is 346 g/mol. The zero-order valence-electron chi connectivity index (χ0n) is 15.3. The Bertz CT molecular complexity index is 566. The lowest BCUT2D eigenvalue weighted by molar-refractivity contribution is -0.120. The van der Waals surface area contributed by atoms with E-state index in [1.165, 1.54) is 0 Å². The Hall–Kier alpha value is -1.92. The minimum Gasteiger partial charge on any atom is -0.351 e. The van der Waals surface area contributed by atoms with Crippen LogP contribution in [0.5, 0.6) is 0 Å². The molecule has 138 valence electrons. The first-order valence-corrected chi connectivity index (χ1v) is 9.26. The Morgan fingerprint density at radius 3 is 2.76 bits per heavy atom. The summed E-state index contributed by atoms with van der Waals surface area (Å²) in [7, 11) is 0. The molecule has 0 spiro atoms. The summed E-state index contributed by atoms with van der Waals surface area (Å²) in [6.45, 7) is 9.32. The Balaban J connectivity index is 1.87. The number of rotatable bonds is 8. The van der Waals surface area contributed by atoms with Gasteiger partial charge < -0.3 is 20.9 Å². The van der Waals surface area contributed by atoms with Gasteiger partial charge in [0.15, 0.2) is 0 Å². The number of anilines is 1. The largest absolute Gasteiger partial charge is 0.351 e. The van der Waals surface area contributed by atoms with E-state index in [1.54, 1.807) is 18.2 Å². The van der Waals surface area contributed by atoms with Crippen molar-refractivity contribution in [2.45, 2.75) is 26.7 Å². The van der Waals surface area contributed by atoms with Crippen molar-refractivity contribution in [1.29, 1.82) is 0 Å². The molecule has 2 amide bonds. The second-order valence-electron chi connectivity index (χ2n) is 6.40. The van der Waals surface area contributed by atoms with E-state index in [4.69, 9.17) is 0 Å². The summed E-state index contributed by atoms with van der Waals surface area (Å²) in [5.41, 5.74) is 1.24. The van der Waals surface area contributed by atoms with E-state index in [1.807, 2.05) is 6.07 Å². The van der Waals surface area contributed by atoms with Gasteiger partial charge in [0.05, 0.1) is 5.92 Å². The van der Waals surface area contributed by atoms with Gasteiger partial charge in [-0.1, -0.05) is 19.9 Å². The van der Waals surface area contributed by atoms with Crippen molar-refractivity contribution in [3.63, 3.8) is 0 Å². The van der Waals surface area contributed by atoms with Crippen LogP contribution >= 0.6 is 0 Å². The molecule has 3 N–H and O–H groups in total. The van der Waals surface area contributed by atoms with Crippen LogP contribution in [0.4, 0.5) is 5.69 Å². The average molecular weight is 346 g/mol. The van der Waals surface area contributed by atoms with Crippen LogP contribution in [-0.4, -0.2) is 56.0 Å². The van der Waals surface area contributed by atoms with Crippen LogP contribution in [0.1, 0.15) is 37.0 Å². The molecule has 6 heteroatoms. The molecule has 1 aromatic carbocycles. The summed E-state index contributed by atoms with van der Waals surface area (Å²) < 4.78 is 0. The molecular weight excluding hydrogens is 316 g/mol. The van der Waals surface area contributed by atoms with Crippen LogP contribution in [0.25, 0.3) is 0 Å². The number of nitrogens with one attached hydrogen (secondary N) is 3. The first kappa shape index (κ1) is 19.4. The highest BCUT2D eigenvalue weighted by Crippen LogP contribution is 2.15. The van der Waals surface area contributed by atoms with Crippen LogP contribution in [0.2, 0.25) is 0 Å². The molecule has 1 atom stereocenters. The number of hydrogen-bond donors (Lipinski definition) is 3. The van der Waals surface area contributed by atoms with E-state index in [0.29, 0.717) is 17.8 Å². The molecule has 1 heterocycles. The van der Waals surface area contributed by atoms with Gasteiger partial charge in [0.25, 0.3) is 5.91 Å². The lowest BCUT2D eigenvalue weighted by Crippen LogP contribution is -2.37. The van der Waals surface area contributed by atoms with Gasteiger partial charge in [-0.05, 0) is 50.7 Å². The summed E-state index contributed by atoms with van der Waals surface area (Å²) in [6, 6.07) is 7.13. The van der Waals surface area contributed by atoms with Gasteiger partial charge in [-0.25, -0.2) is 0 Å². The molecule has 0 aromatic heterocycles. The number of piperidine rings is 1. The third-order valence-electron chi connectivity index (χ3n) is 4.67. The van der Waals surface area contributed by atoms with Gasteiger partial charge in [-0.2, -0.15) is 0 Å². The van der Waals surface area contributed by atoms with E-state index in [-0.39, 0.29) is 17.7 Å². The number of carbonyl (C=O) groups is 2. The van der Waals surface area contributed by atoms with Crippen molar-refractivity contribution in [3.05, 3.63) is 29.8 Å². The summed E-state index contributed by atoms with van der Waals surface area (Å²) in [4.78, 5) is 26.9. The molecule has 1 aliphatic rings. The fourth-order valence-corrected chi connectivity index (χ4v) is 3.03. The van der Waals surface area contributed by atoms with Crippen LogP contribution < -0.4 is 16.0 Å². The molecule has 1 aromatic rings. The number of nitrogens with zero attached hydrogens (tertiary/aromatic N) is 1. The summed E-state index contributed by atoms with van der Waals surface area (Å²) in [5, 5.41) is 9.11. The molecule has 6 nitrogen and oxygen atoms in total. The maximum atomic E-state index is 12.3. The predicted octanol–water partition coefficient (Wildman–Crippen LogP) is 1.70. The van der Waals surface area contributed by atoms with Crippen LogP contribution in [0.15, 0.2) is 24.3 Å². The summed E-state index contributed by atoms with van der Waals surface area (Å²) >= 11 is 0. The normalized spacial score (nSPS) is 17.3. The Morgan fingerprint density at radius 2 is 2.08 bits per heavy atom. The second-order valence-corrected chi connectivity index (χ2v) is 6.40. The van der Waals surface area contributed by atoms with Gasteiger partial charge in [0, 0.05) is 30.9 Å². The zero-order valence-corrected chi connectivity index (χ0v) is 15.3. The highest BCUT2D eigenvalue weighted by Gasteiger charge is 2.21. The van der Waals surface area contributed by atoms with Crippen LogP contribution in [-0.2, 0) is 4.79 Å². The highest BCUT2D eigenvalue weighted by atomic mass is 16.2. The minimum atomic E-state index is -0.109. The van der Waals surface area contributed by atoms with E-state index in [2.05, 4.69) is 34.7 Å². The van der Waals surface area contributed by atoms with Gasteiger partial charge in [-0.15, -0.1) is 0 Å². The quantitative estimate of drug-likeness (QED) is 0.670. The number of benzene rings is 1. The second kappa shape index (κ2) is 10.2. The van der Waals surface area contributed by atoms with Crippen molar-refractivity contribution < 1.29 is 9.59 Å². The van der Waals surface area contributed by atoms with Crippen molar-refractivity contribution >= 4 is 17.5 Å². The molecule has 0 aliphatic carbocycles. The fraction of sp³-hybridized carbons (Fsp3) is 0.579. The molecule has 1 aliphatic heterocycles. The number of likely N-dealkylation sites (N-methyl/N-ethyl adjacent to an activating group) is 1. The van der Waals surface area contributed by atoms with Gasteiger partial charge in [0.1, 0.15) is 0 Å². The number of amides is 2. The molecule has 0 bridgehead atoms. The van der Waals surface area contributed by atoms with E-state index in [9.17, 15) is 9.59 Å². The zero-order chi connectivity index (χ0) is 18.1. The molecule has 0 radical (unpaired) electrons. The Morgan fingerprint density at radius 1 is 1.28 bits per heavy atom. The molecule has 1 saturated heterocycles. The minimum absolute atomic E-state index is 0.000281. The lowest BCUT2D eigenvalue weighted by atomic mass is 9.99. The van der Waals surface area contributed by atoms with Crippen LogP contribution in [0, 0.1) is 5.92 Å². The number of hydrogen-bond acceptors (Lipinski definition) is 4. The molecule has 1 unspecified atom stereocenters. The molecule has 25 heavy (non-hydrogen) atoms. The maximum absolute atomic E-state index is 12.3. The maximum Gasteiger partial charge on any atom is 0.251 e.